The van der Waals surface area contributed by atoms with E-state index < -0.39 is 5.91 Å². The van der Waals surface area contributed by atoms with Crippen molar-refractivity contribution in [2.45, 2.75) is 13.5 Å². The molecule has 0 unspecified atom stereocenters. The molecule has 1 N–H and O–H groups in total. The smallest absolute Gasteiger partial charge is 0.266 e. The van der Waals surface area contributed by atoms with Gasteiger partial charge < -0.3 is 19.5 Å². The number of anilines is 1. The minimum Gasteiger partial charge on any atom is -0.495 e. The number of nitrogens with one attached hydrogen (secondary N) is 1. The topological polar surface area (TPSA) is 80.6 Å². The molecule has 0 saturated carbocycles. The SMILES string of the molecule is COc1ccc(C)cc1NC(=O)/C(C#N)=C/c1ccc(OCc2ccc(Cl)cc2)c(OC)c1. The normalized spacial score (nSPS) is 10.8. The second kappa shape index (κ2) is 11.1. The fourth-order valence-electron chi connectivity index (χ4n) is 3.06. The van der Waals surface area contributed by atoms with Gasteiger partial charge in [0.25, 0.3) is 5.91 Å². The molecular weight excluding hydrogens is 440 g/mol. The van der Waals surface area contributed by atoms with Gasteiger partial charge >= 0.3 is 0 Å². The maximum atomic E-state index is 12.7. The molecule has 0 heterocycles. The first-order chi connectivity index (χ1) is 15.9. The fraction of sp³-hybridized carbons (Fsp3) is 0.154. The predicted molar refractivity (Wildman–Crippen MR) is 129 cm³/mol. The summed E-state index contributed by atoms with van der Waals surface area (Å²) in [4.78, 5) is 12.7. The monoisotopic (exact) mass is 462 g/mol. The van der Waals surface area contributed by atoms with Crippen LogP contribution >= 0.6 is 11.6 Å². The van der Waals surface area contributed by atoms with Gasteiger partial charge in [0.1, 0.15) is 24.0 Å². The Morgan fingerprint density at radius 2 is 1.70 bits per heavy atom. The molecule has 0 aliphatic rings. The Hall–Kier alpha value is -3.95. The lowest BCUT2D eigenvalue weighted by Crippen LogP contribution is -2.14. The van der Waals surface area contributed by atoms with Gasteiger partial charge in [0, 0.05) is 5.02 Å². The Kier molecular flexibility index (Phi) is 7.96. The second-order valence-electron chi connectivity index (χ2n) is 7.15. The Balaban J connectivity index is 1.77. The molecule has 0 bridgehead atoms. The molecular formula is C26H23ClN2O4. The molecule has 3 aromatic rings. The van der Waals surface area contributed by atoms with Crippen LogP contribution in [0.5, 0.6) is 17.2 Å². The third kappa shape index (κ3) is 6.28. The number of ether oxygens (including phenoxy) is 3. The van der Waals surface area contributed by atoms with Crippen molar-refractivity contribution in [2.75, 3.05) is 19.5 Å². The summed E-state index contributed by atoms with van der Waals surface area (Å²) < 4.78 is 16.6. The number of aryl methyl sites for hydroxylation is 1. The first-order valence-electron chi connectivity index (χ1n) is 10.1. The highest BCUT2D eigenvalue weighted by Gasteiger charge is 2.14. The van der Waals surface area contributed by atoms with Gasteiger partial charge in [-0.15, -0.1) is 0 Å². The lowest BCUT2D eigenvalue weighted by molar-refractivity contribution is -0.112. The van der Waals surface area contributed by atoms with Crippen LogP contribution in [0.2, 0.25) is 5.02 Å². The summed E-state index contributed by atoms with van der Waals surface area (Å²) in [5, 5.41) is 12.9. The summed E-state index contributed by atoms with van der Waals surface area (Å²) in [6, 6.07) is 19.9. The third-order valence-corrected chi connectivity index (χ3v) is 5.03. The number of carbonyl (C=O) groups is 1. The quantitative estimate of drug-likeness (QED) is 0.338. The summed E-state index contributed by atoms with van der Waals surface area (Å²) in [5.74, 6) is 0.992. The Morgan fingerprint density at radius 3 is 2.36 bits per heavy atom. The molecule has 0 fully saturated rings. The number of halogens is 1. The molecule has 0 aliphatic carbocycles. The van der Waals surface area contributed by atoms with Gasteiger partial charge in [0.15, 0.2) is 11.5 Å². The van der Waals surface area contributed by atoms with Crippen molar-refractivity contribution < 1.29 is 19.0 Å². The zero-order valence-corrected chi connectivity index (χ0v) is 19.3. The van der Waals surface area contributed by atoms with Gasteiger partial charge in [0.05, 0.1) is 19.9 Å². The first-order valence-corrected chi connectivity index (χ1v) is 10.4. The van der Waals surface area contributed by atoms with Crippen molar-refractivity contribution in [3.05, 3.63) is 87.9 Å². The zero-order chi connectivity index (χ0) is 23.8. The van der Waals surface area contributed by atoms with Crippen molar-refractivity contribution in [1.82, 2.24) is 0 Å². The molecule has 3 aromatic carbocycles. The van der Waals surface area contributed by atoms with Crippen LogP contribution in [0.15, 0.2) is 66.2 Å². The van der Waals surface area contributed by atoms with Gasteiger partial charge in [0.2, 0.25) is 0 Å². The van der Waals surface area contributed by atoms with Gasteiger partial charge in [-0.05, 0) is 66.1 Å². The summed E-state index contributed by atoms with van der Waals surface area (Å²) in [7, 11) is 3.05. The number of carbonyl (C=O) groups excluding carboxylic acids is 1. The van der Waals surface area contributed by atoms with Crippen LogP contribution in [-0.2, 0) is 11.4 Å². The van der Waals surface area contributed by atoms with E-state index in [1.54, 1.807) is 42.5 Å². The number of hydrogen-bond donors (Lipinski definition) is 1. The van der Waals surface area contributed by atoms with E-state index in [9.17, 15) is 10.1 Å². The molecule has 0 aromatic heterocycles. The van der Waals surface area contributed by atoms with Gasteiger partial charge in [-0.1, -0.05) is 35.9 Å². The van der Waals surface area contributed by atoms with Crippen LogP contribution in [0.3, 0.4) is 0 Å². The molecule has 0 aliphatic heterocycles. The van der Waals surface area contributed by atoms with E-state index in [1.165, 1.54) is 20.3 Å². The Morgan fingerprint density at radius 1 is 1.00 bits per heavy atom. The molecule has 1 amide bonds. The Labute approximate surface area is 198 Å². The molecule has 0 atom stereocenters. The molecule has 7 heteroatoms. The maximum Gasteiger partial charge on any atom is 0.266 e. The average molecular weight is 463 g/mol. The Bertz CT molecular complexity index is 1210. The second-order valence-corrected chi connectivity index (χ2v) is 7.59. The minimum absolute atomic E-state index is 0.0598. The van der Waals surface area contributed by atoms with E-state index in [1.807, 2.05) is 31.2 Å². The highest BCUT2D eigenvalue weighted by molar-refractivity contribution is 6.30. The number of nitriles is 1. The standard InChI is InChI=1S/C26H23ClN2O4/c1-17-4-10-23(31-2)22(12-17)29-26(30)20(15-28)13-19-7-11-24(25(14-19)32-3)33-16-18-5-8-21(27)9-6-18/h4-14H,16H2,1-3H3,(H,29,30)/b20-13+. The number of amides is 1. The summed E-state index contributed by atoms with van der Waals surface area (Å²) >= 11 is 5.91. The summed E-state index contributed by atoms with van der Waals surface area (Å²) in [6.07, 6.45) is 1.49. The number of methoxy groups -OCH3 is 2. The van der Waals surface area contributed by atoms with E-state index in [0.717, 1.165) is 11.1 Å². The molecule has 33 heavy (non-hydrogen) atoms. The summed E-state index contributed by atoms with van der Waals surface area (Å²) in [6.45, 7) is 2.24. The third-order valence-electron chi connectivity index (χ3n) is 4.77. The number of rotatable bonds is 8. The van der Waals surface area contributed by atoms with Crippen LogP contribution in [0.25, 0.3) is 6.08 Å². The maximum absolute atomic E-state index is 12.7. The number of hydrogen-bond acceptors (Lipinski definition) is 5. The van der Waals surface area contributed by atoms with E-state index >= 15 is 0 Å². The summed E-state index contributed by atoms with van der Waals surface area (Å²) in [5.41, 5.74) is 2.96. The van der Waals surface area contributed by atoms with Crippen molar-refractivity contribution in [1.29, 1.82) is 5.26 Å². The van der Waals surface area contributed by atoms with Crippen LogP contribution < -0.4 is 19.5 Å². The van der Waals surface area contributed by atoms with Crippen molar-refractivity contribution in [3.63, 3.8) is 0 Å². The molecule has 6 nitrogen and oxygen atoms in total. The predicted octanol–water partition coefficient (Wildman–Crippen LogP) is 5.79. The molecule has 0 saturated heterocycles. The van der Waals surface area contributed by atoms with E-state index in [0.29, 0.717) is 40.1 Å². The van der Waals surface area contributed by atoms with Crippen LogP contribution in [0, 0.1) is 18.3 Å². The van der Waals surface area contributed by atoms with Crippen LogP contribution in [0.4, 0.5) is 5.69 Å². The molecule has 168 valence electrons. The number of benzene rings is 3. The first kappa shape index (κ1) is 23.7. The largest absolute Gasteiger partial charge is 0.495 e. The lowest BCUT2D eigenvalue weighted by atomic mass is 10.1. The molecule has 0 radical (unpaired) electrons. The van der Waals surface area contributed by atoms with Gasteiger partial charge in [-0.2, -0.15) is 5.26 Å². The van der Waals surface area contributed by atoms with Crippen molar-refractivity contribution in [3.8, 4) is 23.3 Å². The van der Waals surface area contributed by atoms with E-state index in [2.05, 4.69) is 5.32 Å². The highest BCUT2D eigenvalue weighted by Crippen LogP contribution is 2.30. The van der Waals surface area contributed by atoms with Crippen LogP contribution in [-0.4, -0.2) is 20.1 Å². The van der Waals surface area contributed by atoms with Gasteiger partial charge in [-0.3, -0.25) is 4.79 Å². The van der Waals surface area contributed by atoms with Crippen molar-refractivity contribution in [2.24, 2.45) is 0 Å². The van der Waals surface area contributed by atoms with E-state index in [-0.39, 0.29) is 5.57 Å². The van der Waals surface area contributed by atoms with Crippen LogP contribution in [0.1, 0.15) is 16.7 Å². The lowest BCUT2D eigenvalue weighted by Gasteiger charge is -2.12. The number of nitrogens with zero attached hydrogens (tertiary/aromatic N) is 1. The molecule has 3 rings (SSSR count). The fourth-order valence-corrected chi connectivity index (χ4v) is 3.19. The average Bonchev–Trinajstić information content (AvgIpc) is 2.82. The zero-order valence-electron chi connectivity index (χ0n) is 18.5. The van der Waals surface area contributed by atoms with Gasteiger partial charge in [-0.25, -0.2) is 0 Å². The van der Waals surface area contributed by atoms with Crippen molar-refractivity contribution >= 4 is 29.3 Å². The van der Waals surface area contributed by atoms with E-state index in [4.69, 9.17) is 25.8 Å². The minimum atomic E-state index is -0.538. The highest BCUT2D eigenvalue weighted by atomic mass is 35.5. The molecule has 0 spiro atoms.